The molecule has 4 heteroatoms. The monoisotopic (exact) mass is 286 g/mol. The van der Waals surface area contributed by atoms with Crippen molar-refractivity contribution in [1.29, 1.82) is 0 Å². The zero-order valence-corrected chi connectivity index (χ0v) is 12.3. The smallest absolute Gasteiger partial charge is 0.224 e. The molecule has 0 fully saturated rings. The molecule has 1 N–H and O–H groups in total. The summed E-state index contributed by atoms with van der Waals surface area (Å²) in [6.07, 6.45) is 0.260. The van der Waals surface area contributed by atoms with Crippen LogP contribution in [0.15, 0.2) is 48.5 Å². The number of rotatable bonds is 5. The van der Waals surface area contributed by atoms with Crippen LogP contribution in [0.4, 0.5) is 10.1 Å². The molecule has 0 aliphatic heterocycles. The van der Waals surface area contributed by atoms with E-state index in [1.54, 1.807) is 12.1 Å². The van der Waals surface area contributed by atoms with Crippen LogP contribution >= 0.6 is 0 Å². The Kier molecular flexibility index (Phi) is 4.93. The number of carbonyl (C=O) groups is 1. The third kappa shape index (κ3) is 4.60. The molecule has 2 aromatic carbocycles. The van der Waals surface area contributed by atoms with Crippen molar-refractivity contribution in [3.63, 3.8) is 0 Å². The lowest BCUT2D eigenvalue weighted by molar-refractivity contribution is -0.120. The van der Waals surface area contributed by atoms with Crippen molar-refractivity contribution < 1.29 is 9.18 Å². The zero-order chi connectivity index (χ0) is 15.2. The molecule has 2 aromatic rings. The third-order valence-electron chi connectivity index (χ3n) is 3.22. The molecule has 3 nitrogen and oxygen atoms in total. The molecular weight excluding hydrogens is 267 g/mol. The second-order valence-electron chi connectivity index (χ2n) is 5.14. The lowest BCUT2D eigenvalue weighted by atomic mass is 10.1. The van der Waals surface area contributed by atoms with E-state index in [1.165, 1.54) is 12.1 Å². The normalized spacial score (nSPS) is 10.2. The number of hydrogen-bond acceptors (Lipinski definition) is 2. The van der Waals surface area contributed by atoms with E-state index in [0.717, 1.165) is 16.8 Å². The van der Waals surface area contributed by atoms with Crippen LogP contribution in [-0.4, -0.2) is 20.0 Å². The highest BCUT2D eigenvalue weighted by Crippen LogP contribution is 2.12. The fourth-order valence-electron chi connectivity index (χ4n) is 1.96. The molecule has 0 aliphatic carbocycles. The van der Waals surface area contributed by atoms with Crippen LogP contribution < -0.4 is 10.2 Å². The van der Waals surface area contributed by atoms with Gasteiger partial charge in [0.25, 0.3) is 0 Å². The first-order valence-corrected chi connectivity index (χ1v) is 6.82. The summed E-state index contributed by atoms with van der Waals surface area (Å²) in [5.74, 6) is -0.363. The summed E-state index contributed by atoms with van der Waals surface area (Å²) in [7, 11) is 3.97. The lowest BCUT2D eigenvalue weighted by Crippen LogP contribution is -2.24. The first-order chi connectivity index (χ1) is 10.0. The molecule has 0 saturated carbocycles. The highest BCUT2D eigenvalue weighted by atomic mass is 19.1. The topological polar surface area (TPSA) is 32.3 Å². The fraction of sp³-hybridized carbons (Fsp3) is 0.235. The first-order valence-electron chi connectivity index (χ1n) is 6.82. The molecular formula is C17H19FN2O. The number of amides is 1. The summed E-state index contributed by atoms with van der Waals surface area (Å²) < 4.78 is 12.8. The maximum Gasteiger partial charge on any atom is 0.224 e. The SMILES string of the molecule is CN(C)c1ccc(CNC(=O)Cc2ccc(F)cc2)cc1. The van der Waals surface area contributed by atoms with Crippen molar-refractivity contribution in [3.05, 3.63) is 65.5 Å². The van der Waals surface area contributed by atoms with Crippen molar-refractivity contribution in [3.8, 4) is 0 Å². The van der Waals surface area contributed by atoms with Gasteiger partial charge in [0.2, 0.25) is 5.91 Å². The van der Waals surface area contributed by atoms with Crippen LogP contribution in [0.1, 0.15) is 11.1 Å². The van der Waals surface area contributed by atoms with Crippen molar-refractivity contribution in [2.75, 3.05) is 19.0 Å². The van der Waals surface area contributed by atoms with Crippen molar-refractivity contribution in [1.82, 2.24) is 5.32 Å². The lowest BCUT2D eigenvalue weighted by Gasteiger charge is -2.13. The van der Waals surface area contributed by atoms with Crippen LogP contribution in [0, 0.1) is 5.82 Å². The Morgan fingerprint density at radius 1 is 1.00 bits per heavy atom. The molecule has 2 rings (SSSR count). The van der Waals surface area contributed by atoms with Gasteiger partial charge in [0.05, 0.1) is 6.42 Å². The highest BCUT2D eigenvalue weighted by Gasteiger charge is 2.04. The van der Waals surface area contributed by atoms with E-state index in [-0.39, 0.29) is 18.1 Å². The first kappa shape index (κ1) is 15.0. The van der Waals surface area contributed by atoms with Gasteiger partial charge in [-0.25, -0.2) is 4.39 Å². The predicted octanol–water partition coefficient (Wildman–Crippen LogP) is 2.75. The summed E-state index contributed by atoms with van der Waals surface area (Å²) in [5, 5.41) is 2.86. The number of benzene rings is 2. The van der Waals surface area contributed by atoms with Gasteiger partial charge in [-0.1, -0.05) is 24.3 Å². The van der Waals surface area contributed by atoms with Gasteiger partial charge in [-0.2, -0.15) is 0 Å². The maximum atomic E-state index is 12.8. The molecule has 0 saturated heterocycles. The summed E-state index contributed by atoms with van der Waals surface area (Å²) in [5.41, 5.74) is 2.97. The quantitative estimate of drug-likeness (QED) is 0.916. The van der Waals surface area contributed by atoms with Crippen molar-refractivity contribution >= 4 is 11.6 Å². The van der Waals surface area contributed by atoms with E-state index >= 15 is 0 Å². The summed E-state index contributed by atoms with van der Waals surface area (Å²) in [4.78, 5) is 13.9. The number of hydrogen-bond donors (Lipinski definition) is 1. The predicted molar refractivity (Wildman–Crippen MR) is 82.7 cm³/mol. The average Bonchev–Trinajstić information content (AvgIpc) is 2.48. The Hall–Kier alpha value is -2.36. The fourth-order valence-corrected chi connectivity index (χ4v) is 1.96. The van der Waals surface area contributed by atoms with Crippen LogP contribution in [0.2, 0.25) is 0 Å². The minimum absolute atomic E-state index is 0.0710. The minimum atomic E-state index is -0.292. The molecule has 0 aliphatic rings. The van der Waals surface area contributed by atoms with E-state index in [0.29, 0.717) is 6.54 Å². The Morgan fingerprint density at radius 2 is 1.57 bits per heavy atom. The molecule has 0 atom stereocenters. The third-order valence-corrected chi connectivity index (χ3v) is 3.22. The largest absolute Gasteiger partial charge is 0.378 e. The van der Waals surface area contributed by atoms with Crippen molar-refractivity contribution in [2.24, 2.45) is 0 Å². The molecule has 0 unspecified atom stereocenters. The van der Waals surface area contributed by atoms with Gasteiger partial charge >= 0.3 is 0 Å². The maximum absolute atomic E-state index is 12.8. The van der Waals surface area contributed by atoms with E-state index in [4.69, 9.17) is 0 Å². The van der Waals surface area contributed by atoms with Gasteiger partial charge in [-0.15, -0.1) is 0 Å². The van der Waals surface area contributed by atoms with Gasteiger partial charge < -0.3 is 10.2 Å². The second-order valence-corrected chi connectivity index (χ2v) is 5.14. The molecule has 110 valence electrons. The molecule has 1 amide bonds. The van der Waals surface area contributed by atoms with E-state index in [9.17, 15) is 9.18 Å². The van der Waals surface area contributed by atoms with Crippen LogP contribution in [0.3, 0.4) is 0 Å². The highest BCUT2D eigenvalue weighted by molar-refractivity contribution is 5.78. The number of halogens is 1. The minimum Gasteiger partial charge on any atom is -0.378 e. The molecule has 0 bridgehead atoms. The summed E-state index contributed by atoms with van der Waals surface area (Å²) >= 11 is 0. The molecule has 0 aromatic heterocycles. The molecule has 0 heterocycles. The van der Waals surface area contributed by atoms with Gasteiger partial charge in [-0.3, -0.25) is 4.79 Å². The average molecular weight is 286 g/mol. The number of anilines is 1. The van der Waals surface area contributed by atoms with Crippen LogP contribution in [0.25, 0.3) is 0 Å². The number of nitrogens with one attached hydrogen (secondary N) is 1. The Morgan fingerprint density at radius 3 is 2.14 bits per heavy atom. The van der Waals surface area contributed by atoms with Crippen LogP contribution in [-0.2, 0) is 17.8 Å². The molecule has 0 spiro atoms. The Balaban J connectivity index is 1.84. The van der Waals surface area contributed by atoms with Gasteiger partial charge in [0, 0.05) is 26.3 Å². The summed E-state index contributed by atoms with van der Waals surface area (Å²) in [6, 6.07) is 14.0. The Labute approximate surface area is 124 Å². The van der Waals surface area contributed by atoms with Crippen molar-refractivity contribution in [2.45, 2.75) is 13.0 Å². The Bertz CT molecular complexity index is 591. The molecule has 0 radical (unpaired) electrons. The summed E-state index contributed by atoms with van der Waals surface area (Å²) in [6.45, 7) is 0.494. The number of carbonyl (C=O) groups excluding carboxylic acids is 1. The van der Waals surface area contributed by atoms with Crippen LogP contribution in [0.5, 0.6) is 0 Å². The second kappa shape index (κ2) is 6.88. The van der Waals surface area contributed by atoms with E-state index in [2.05, 4.69) is 5.32 Å². The van der Waals surface area contributed by atoms with Gasteiger partial charge in [0.15, 0.2) is 0 Å². The molecule has 21 heavy (non-hydrogen) atoms. The van der Waals surface area contributed by atoms with Gasteiger partial charge in [0.1, 0.15) is 5.82 Å². The zero-order valence-electron chi connectivity index (χ0n) is 12.3. The standard InChI is InChI=1S/C17H19FN2O/c1-20(2)16-9-5-14(6-10-16)12-19-17(21)11-13-3-7-15(18)8-4-13/h3-10H,11-12H2,1-2H3,(H,19,21). The van der Waals surface area contributed by atoms with E-state index in [1.807, 2.05) is 43.3 Å². The number of nitrogens with zero attached hydrogens (tertiary/aromatic N) is 1. The van der Waals surface area contributed by atoms with E-state index < -0.39 is 0 Å². The van der Waals surface area contributed by atoms with Gasteiger partial charge in [-0.05, 0) is 35.4 Å².